The van der Waals surface area contributed by atoms with E-state index in [0.29, 0.717) is 17.5 Å². The molecule has 5 nitrogen and oxygen atoms in total. The van der Waals surface area contributed by atoms with Gasteiger partial charge in [0.25, 0.3) is 0 Å². The van der Waals surface area contributed by atoms with E-state index in [1.54, 1.807) is 0 Å². The summed E-state index contributed by atoms with van der Waals surface area (Å²) in [6.07, 6.45) is 0. The van der Waals surface area contributed by atoms with E-state index < -0.39 is 0 Å². The summed E-state index contributed by atoms with van der Waals surface area (Å²) in [6, 6.07) is 76.3. The highest BCUT2D eigenvalue weighted by atomic mass is 16.3. The van der Waals surface area contributed by atoms with Gasteiger partial charge in [0.15, 0.2) is 17.5 Å². The van der Waals surface area contributed by atoms with Crippen molar-refractivity contribution in [1.82, 2.24) is 19.5 Å². The maximum Gasteiger partial charge on any atom is 0.167 e. The summed E-state index contributed by atoms with van der Waals surface area (Å²) >= 11 is 0. The predicted molar refractivity (Wildman–Crippen MR) is 254 cm³/mol. The number of hydrogen-bond donors (Lipinski definition) is 0. The molecular formula is C57H36N4O. The fraction of sp³-hybridized carbons (Fsp3) is 0. The second-order valence-electron chi connectivity index (χ2n) is 15.6. The van der Waals surface area contributed by atoms with E-state index >= 15 is 0 Å². The molecule has 0 N–H and O–H groups in total. The standard InChI is InChI=1S/C57H36N4O/c1-6-18-37(19-7-1)42-35-47(38-20-8-2-9-21-38)53-49(36-42)52-44(41-30-33-51-48(34-41)45-28-16-17-29-50(45)61(51)43-26-14-5-15-27-43)31-32-46(54(52)62-53)57-59-55(39-22-10-3-11-23-39)58-56(60-57)40-24-12-4-13-25-40/h1-36H. The smallest absolute Gasteiger partial charge is 0.167 e. The topological polar surface area (TPSA) is 56.7 Å². The summed E-state index contributed by atoms with van der Waals surface area (Å²) in [7, 11) is 0. The van der Waals surface area contributed by atoms with Crippen LogP contribution in [-0.2, 0) is 0 Å². The Hall–Kier alpha value is -8.41. The van der Waals surface area contributed by atoms with Crippen molar-refractivity contribution in [2.45, 2.75) is 0 Å². The van der Waals surface area contributed by atoms with E-state index in [0.717, 1.165) is 83.2 Å². The fourth-order valence-electron chi connectivity index (χ4n) is 8.95. The Morgan fingerprint density at radius 3 is 1.48 bits per heavy atom. The van der Waals surface area contributed by atoms with Crippen LogP contribution >= 0.6 is 0 Å². The third kappa shape index (κ3) is 5.98. The van der Waals surface area contributed by atoms with E-state index in [-0.39, 0.29) is 0 Å². The van der Waals surface area contributed by atoms with E-state index in [1.165, 1.54) is 16.3 Å². The Morgan fingerprint density at radius 1 is 0.306 bits per heavy atom. The van der Waals surface area contributed by atoms with Gasteiger partial charge < -0.3 is 8.98 Å². The summed E-state index contributed by atoms with van der Waals surface area (Å²) in [6.45, 7) is 0. The van der Waals surface area contributed by atoms with Gasteiger partial charge in [-0.1, -0.05) is 170 Å². The molecule has 0 bridgehead atoms. The largest absolute Gasteiger partial charge is 0.455 e. The summed E-state index contributed by atoms with van der Waals surface area (Å²) in [5.74, 6) is 1.73. The van der Waals surface area contributed by atoms with E-state index in [4.69, 9.17) is 19.4 Å². The van der Waals surface area contributed by atoms with Crippen molar-refractivity contribution < 1.29 is 4.42 Å². The Balaban J connectivity index is 1.18. The monoisotopic (exact) mass is 792 g/mol. The zero-order valence-corrected chi connectivity index (χ0v) is 33.5. The van der Waals surface area contributed by atoms with Crippen molar-refractivity contribution in [3.05, 3.63) is 218 Å². The molecule has 0 aliphatic carbocycles. The van der Waals surface area contributed by atoms with Crippen LogP contribution in [0.4, 0.5) is 0 Å². The first kappa shape index (κ1) is 35.5. The SMILES string of the molecule is c1ccc(-c2cc(-c3ccccc3)c3oc4c(-c5nc(-c6ccccc6)nc(-c6ccccc6)n5)ccc(-c5ccc6c(c5)c5ccccc5n6-c5ccccc5)c4c3c2)cc1. The van der Waals surface area contributed by atoms with Crippen LogP contribution in [0.25, 0.3) is 117 Å². The van der Waals surface area contributed by atoms with Gasteiger partial charge in [0.2, 0.25) is 0 Å². The molecule has 0 amide bonds. The van der Waals surface area contributed by atoms with Crippen molar-refractivity contribution in [3.63, 3.8) is 0 Å². The number of hydrogen-bond acceptors (Lipinski definition) is 4. The Labute approximate surface area is 357 Å². The van der Waals surface area contributed by atoms with E-state index in [1.807, 2.05) is 60.7 Å². The minimum atomic E-state index is 0.541. The summed E-state index contributed by atoms with van der Waals surface area (Å²) < 4.78 is 9.64. The Kier molecular flexibility index (Phi) is 8.42. The highest BCUT2D eigenvalue weighted by Gasteiger charge is 2.24. The van der Waals surface area contributed by atoms with Crippen LogP contribution in [0.2, 0.25) is 0 Å². The number of fused-ring (bicyclic) bond motifs is 6. The summed E-state index contributed by atoms with van der Waals surface area (Å²) in [5, 5.41) is 4.40. The number of benzene rings is 9. The molecule has 0 radical (unpaired) electrons. The first-order valence-electron chi connectivity index (χ1n) is 20.9. The van der Waals surface area contributed by atoms with Crippen LogP contribution in [0.1, 0.15) is 0 Å². The normalized spacial score (nSPS) is 11.5. The molecule has 3 heterocycles. The second-order valence-corrected chi connectivity index (χ2v) is 15.6. The van der Waals surface area contributed by atoms with Gasteiger partial charge in [-0.05, 0) is 76.3 Å². The van der Waals surface area contributed by atoms with Crippen LogP contribution in [0.15, 0.2) is 223 Å². The first-order valence-corrected chi connectivity index (χ1v) is 20.9. The molecule has 3 aromatic heterocycles. The average molecular weight is 793 g/mol. The molecule has 0 saturated carbocycles. The number of furan rings is 1. The van der Waals surface area contributed by atoms with Gasteiger partial charge in [0.05, 0.1) is 16.6 Å². The molecule has 12 aromatic rings. The second kappa shape index (κ2) is 14.7. The quantitative estimate of drug-likeness (QED) is 0.161. The molecule has 0 unspecified atom stereocenters. The van der Waals surface area contributed by atoms with Crippen LogP contribution in [0.5, 0.6) is 0 Å². The third-order valence-corrected chi connectivity index (χ3v) is 11.9. The minimum absolute atomic E-state index is 0.541. The summed E-state index contributed by atoms with van der Waals surface area (Å²) in [5.41, 5.74) is 14.1. The van der Waals surface area contributed by atoms with Gasteiger partial charge in [0, 0.05) is 43.9 Å². The van der Waals surface area contributed by atoms with Crippen molar-refractivity contribution >= 4 is 43.7 Å². The molecule has 9 aromatic carbocycles. The molecular weight excluding hydrogens is 757 g/mol. The van der Waals surface area contributed by atoms with Crippen molar-refractivity contribution in [2.24, 2.45) is 0 Å². The van der Waals surface area contributed by atoms with Crippen LogP contribution in [-0.4, -0.2) is 19.5 Å². The van der Waals surface area contributed by atoms with Crippen LogP contribution < -0.4 is 0 Å². The Morgan fingerprint density at radius 2 is 0.823 bits per heavy atom. The molecule has 0 saturated heterocycles. The van der Waals surface area contributed by atoms with Gasteiger partial charge in [0.1, 0.15) is 11.2 Å². The molecule has 0 spiro atoms. The number of para-hydroxylation sites is 2. The van der Waals surface area contributed by atoms with Crippen molar-refractivity contribution in [3.8, 4) is 73.2 Å². The predicted octanol–water partition coefficient (Wildman–Crippen LogP) is 14.9. The highest BCUT2D eigenvalue weighted by molar-refractivity contribution is 6.20. The molecule has 0 aliphatic heterocycles. The first-order chi connectivity index (χ1) is 30.7. The average Bonchev–Trinajstić information content (AvgIpc) is 3.91. The maximum atomic E-state index is 7.28. The minimum Gasteiger partial charge on any atom is -0.455 e. The van der Waals surface area contributed by atoms with Crippen LogP contribution in [0, 0.1) is 0 Å². The lowest BCUT2D eigenvalue weighted by atomic mass is 9.92. The van der Waals surface area contributed by atoms with Crippen LogP contribution in [0.3, 0.4) is 0 Å². The van der Waals surface area contributed by atoms with Gasteiger partial charge in [-0.2, -0.15) is 0 Å². The number of nitrogens with zero attached hydrogens (tertiary/aromatic N) is 4. The third-order valence-electron chi connectivity index (χ3n) is 11.9. The summed E-state index contributed by atoms with van der Waals surface area (Å²) in [4.78, 5) is 15.4. The van der Waals surface area contributed by atoms with Crippen molar-refractivity contribution in [2.75, 3.05) is 0 Å². The number of rotatable bonds is 7. The molecule has 0 aliphatic rings. The molecule has 0 atom stereocenters. The lowest BCUT2D eigenvalue weighted by Crippen LogP contribution is -2.00. The van der Waals surface area contributed by atoms with E-state index in [9.17, 15) is 0 Å². The van der Waals surface area contributed by atoms with Gasteiger partial charge in [-0.15, -0.1) is 0 Å². The molecule has 62 heavy (non-hydrogen) atoms. The van der Waals surface area contributed by atoms with Gasteiger partial charge >= 0.3 is 0 Å². The zero-order chi connectivity index (χ0) is 41.0. The van der Waals surface area contributed by atoms with Gasteiger partial charge in [-0.25, -0.2) is 15.0 Å². The number of aromatic nitrogens is 4. The fourth-order valence-corrected chi connectivity index (χ4v) is 8.95. The lowest BCUT2D eigenvalue weighted by Gasteiger charge is -2.11. The maximum absolute atomic E-state index is 7.28. The van der Waals surface area contributed by atoms with Crippen molar-refractivity contribution in [1.29, 1.82) is 0 Å². The molecule has 5 heteroatoms. The highest BCUT2D eigenvalue weighted by Crippen LogP contribution is 2.47. The van der Waals surface area contributed by atoms with Gasteiger partial charge in [-0.3, -0.25) is 0 Å². The zero-order valence-electron chi connectivity index (χ0n) is 33.5. The van der Waals surface area contributed by atoms with E-state index in [2.05, 4.69) is 162 Å². The molecule has 0 fully saturated rings. The Bertz CT molecular complexity index is 3540. The molecule has 290 valence electrons. The molecule has 12 rings (SSSR count). The lowest BCUT2D eigenvalue weighted by molar-refractivity contribution is 0.670.